The second-order valence-corrected chi connectivity index (χ2v) is 7.08. The summed E-state index contributed by atoms with van der Waals surface area (Å²) in [6.07, 6.45) is -0.966. The molecular weight excluding hydrogens is 378 g/mol. The number of anilines is 2. The lowest BCUT2D eigenvalue weighted by Crippen LogP contribution is -2.49. The molecule has 0 aliphatic carbocycles. The number of para-hydroxylation sites is 2. The van der Waals surface area contributed by atoms with Gasteiger partial charge in [-0.15, -0.1) is 0 Å². The lowest BCUT2D eigenvalue weighted by Gasteiger charge is -2.36. The first kappa shape index (κ1) is 20.3. The number of hydrogen-bond acceptors (Lipinski definition) is 4. The minimum Gasteiger partial charge on any atom is -0.492 e. The molecule has 0 atom stereocenters. The molecule has 7 heteroatoms. The van der Waals surface area contributed by atoms with Gasteiger partial charge in [0.1, 0.15) is 5.75 Å². The molecule has 1 aliphatic heterocycles. The Morgan fingerprint density at radius 3 is 2.43 bits per heavy atom. The highest BCUT2D eigenvalue weighted by atomic mass is 35.5. The Morgan fingerprint density at radius 1 is 1.11 bits per heavy atom. The Balaban J connectivity index is 1.57. The van der Waals surface area contributed by atoms with Gasteiger partial charge in [-0.25, -0.2) is 4.79 Å². The summed E-state index contributed by atoms with van der Waals surface area (Å²) in [7, 11) is 0. The number of ether oxygens (including phenoxy) is 1. The zero-order chi connectivity index (χ0) is 19.9. The first-order valence-corrected chi connectivity index (χ1v) is 9.91. The van der Waals surface area contributed by atoms with Crippen molar-refractivity contribution in [2.45, 2.75) is 6.92 Å². The average Bonchev–Trinajstić information content (AvgIpc) is 2.70. The summed E-state index contributed by atoms with van der Waals surface area (Å²) in [6, 6.07) is 15.2. The van der Waals surface area contributed by atoms with Crippen LogP contribution in [0, 0.1) is 0 Å². The predicted octanol–water partition coefficient (Wildman–Crippen LogP) is 4.05. The van der Waals surface area contributed by atoms with Crippen molar-refractivity contribution in [2.24, 2.45) is 0 Å². The summed E-state index contributed by atoms with van der Waals surface area (Å²) in [5, 5.41) is 10.4. The lowest BCUT2D eigenvalue weighted by atomic mass is 10.2. The van der Waals surface area contributed by atoms with Crippen LogP contribution in [0.25, 0.3) is 0 Å². The van der Waals surface area contributed by atoms with E-state index in [9.17, 15) is 9.90 Å². The quantitative estimate of drug-likeness (QED) is 0.755. The largest absolute Gasteiger partial charge is 0.492 e. The number of hydrogen-bond donors (Lipinski definition) is 1. The number of amides is 1. The second-order valence-electron chi connectivity index (χ2n) is 6.64. The van der Waals surface area contributed by atoms with Crippen LogP contribution in [0.2, 0.25) is 5.02 Å². The third-order valence-corrected chi connectivity index (χ3v) is 5.14. The van der Waals surface area contributed by atoms with Gasteiger partial charge in [-0.05, 0) is 43.3 Å². The van der Waals surface area contributed by atoms with Crippen LogP contribution < -0.4 is 14.5 Å². The fourth-order valence-corrected chi connectivity index (χ4v) is 3.53. The summed E-state index contributed by atoms with van der Waals surface area (Å²) in [4.78, 5) is 17.8. The number of benzene rings is 2. The monoisotopic (exact) mass is 403 g/mol. The Morgan fingerprint density at radius 2 is 1.79 bits per heavy atom. The van der Waals surface area contributed by atoms with E-state index in [4.69, 9.17) is 16.3 Å². The molecular formula is C21H26ClN3O3. The van der Waals surface area contributed by atoms with Crippen molar-refractivity contribution in [1.82, 2.24) is 4.90 Å². The second kappa shape index (κ2) is 9.66. The molecule has 1 saturated heterocycles. The smallest absolute Gasteiger partial charge is 0.411 e. The van der Waals surface area contributed by atoms with Crippen molar-refractivity contribution in [2.75, 3.05) is 55.7 Å². The van der Waals surface area contributed by atoms with E-state index in [-0.39, 0.29) is 0 Å². The molecule has 3 rings (SSSR count). The van der Waals surface area contributed by atoms with Crippen LogP contribution in [0.4, 0.5) is 16.2 Å². The van der Waals surface area contributed by atoms with Gasteiger partial charge in [-0.1, -0.05) is 23.7 Å². The van der Waals surface area contributed by atoms with E-state index in [1.807, 2.05) is 43.3 Å². The molecule has 1 N–H and O–H groups in total. The van der Waals surface area contributed by atoms with Crippen LogP contribution in [0.15, 0.2) is 48.5 Å². The van der Waals surface area contributed by atoms with E-state index in [1.54, 1.807) is 12.1 Å². The fraction of sp³-hybridized carbons (Fsp3) is 0.381. The number of carboxylic acid groups (broad SMARTS) is 1. The van der Waals surface area contributed by atoms with Crippen LogP contribution in [-0.4, -0.2) is 62.0 Å². The van der Waals surface area contributed by atoms with Gasteiger partial charge in [0.15, 0.2) is 0 Å². The minimum atomic E-state index is -0.966. The number of carbonyl (C=O) groups is 1. The van der Waals surface area contributed by atoms with Gasteiger partial charge in [0, 0.05) is 50.0 Å². The lowest BCUT2D eigenvalue weighted by molar-refractivity contribution is 0.198. The van der Waals surface area contributed by atoms with Gasteiger partial charge in [0.05, 0.1) is 12.3 Å². The van der Waals surface area contributed by atoms with E-state index in [0.29, 0.717) is 31.1 Å². The normalized spacial score (nSPS) is 14.7. The maximum absolute atomic E-state index is 11.8. The van der Waals surface area contributed by atoms with E-state index < -0.39 is 6.09 Å². The molecule has 0 saturated carbocycles. The SMILES string of the molecule is CCOc1ccccc1N(CCN1CCN(c2ccc(Cl)cc2)CC1)C(=O)O. The predicted molar refractivity (Wildman–Crippen MR) is 113 cm³/mol. The molecule has 28 heavy (non-hydrogen) atoms. The van der Waals surface area contributed by atoms with Crippen molar-refractivity contribution in [3.05, 3.63) is 53.6 Å². The standard InChI is InChI=1S/C21H26ClN3O3/c1-2-28-20-6-4-3-5-19(20)25(21(26)27)16-13-23-11-14-24(15-12-23)18-9-7-17(22)8-10-18/h3-10H,2,11-16H2,1H3,(H,26,27). The molecule has 2 aromatic carbocycles. The number of nitrogens with zero attached hydrogens (tertiary/aromatic N) is 3. The molecule has 0 unspecified atom stereocenters. The van der Waals surface area contributed by atoms with Crippen LogP contribution in [-0.2, 0) is 0 Å². The highest BCUT2D eigenvalue weighted by Gasteiger charge is 2.22. The van der Waals surface area contributed by atoms with Crippen molar-refractivity contribution in [3.63, 3.8) is 0 Å². The first-order chi connectivity index (χ1) is 13.6. The summed E-state index contributed by atoms with van der Waals surface area (Å²) >= 11 is 5.96. The highest BCUT2D eigenvalue weighted by Crippen LogP contribution is 2.28. The minimum absolute atomic E-state index is 0.403. The number of rotatable bonds is 7. The van der Waals surface area contributed by atoms with Crippen molar-refractivity contribution in [3.8, 4) is 5.75 Å². The molecule has 0 radical (unpaired) electrons. The van der Waals surface area contributed by atoms with Crippen LogP contribution in [0.1, 0.15) is 6.92 Å². The third-order valence-electron chi connectivity index (χ3n) is 4.89. The van der Waals surface area contributed by atoms with Crippen molar-refractivity contribution < 1.29 is 14.6 Å². The molecule has 6 nitrogen and oxygen atoms in total. The Bertz CT molecular complexity index is 777. The molecule has 0 spiro atoms. The topological polar surface area (TPSA) is 56.2 Å². The van der Waals surface area contributed by atoms with E-state index >= 15 is 0 Å². The zero-order valence-electron chi connectivity index (χ0n) is 16.1. The average molecular weight is 404 g/mol. The molecule has 1 aliphatic rings. The van der Waals surface area contributed by atoms with Gasteiger partial charge in [-0.2, -0.15) is 0 Å². The van der Waals surface area contributed by atoms with Gasteiger partial charge < -0.3 is 14.7 Å². The molecule has 0 aromatic heterocycles. The summed E-state index contributed by atoms with van der Waals surface area (Å²) in [5.41, 5.74) is 1.76. The maximum Gasteiger partial charge on any atom is 0.411 e. The van der Waals surface area contributed by atoms with Crippen LogP contribution in [0.3, 0.4) is 0 Å². The summed E-state index contributed by atoms with van der Waals surface area (Å²) < 4.78 is 5.60. The number of piperazine rings is 1. The van der Waals surface area contributed by atoms with Gasteiger partial charge in [0.25, 0.3) is 0 Å². The maximum atomic E-state index is 11.8. The molecule has 1 heterocycles. The molecule has 150 valence electrons. The number of halogens is 1. The zero-order valence-corrected chi connectivity index (χ0v) is 16.8. The fourth-order valence-electron chi connectivity index (χ4n) is 3.40. The Labute approximate surface area is 170 Å². The van der Waals surface area contributed by atoms with E-state index in [0.717, 1.165) is 31.2 Å². The van der Waals surface area contributed by atoms with Crippen molar-refractivity contribution in [1.29, 1.82) is 0 Å². The van der Waals surface area contributed by atoms with E-state index in [1.165, 1.54) is 10.6 Å². The molecule has 1 amide bonds. The molecule has 1 fully saturated rings. The summed E-state index contributed by atoms with van der Waals surface area (Å²) in [5.74, 6) is 0.597. The Kier molecular flexibility index (Phi) is 7.01. The third kappa shape index (κ3) is 5.09. The molecule has 2 aromatic rings. The summed E-state index contributed by atoms with van der Waals surface area (Å²) in [6.45, 7) is 7.07. The molecule has 0 bridgehead atoms. The Hall–Kier alpha value is -2.44. The van der Waals surface area contributed by atoms with E-state index in [2.05, 4.69) is 9.80 Å². The van der Waals surface area contributed by atoms with Gasteiger partial charge >= 0.3 is 6.09 Å². The van der Waals surface area contributed by atoms with Crippen molar-refractivity contribution >= 4 is 29.1 Å². The highest BCUT2D eigenvalue weighted by molar-refractivity contribution is 6.30. The van der Waals surface area contributed by atoms with Gasteiger partial charge in [0.2, 0.25) is 0 Å². The first-order valence-electron chi connectivity index (χ1n) is 9.53. The van der Waals surface area contributed by atoms with Gasteiger partial charge in [-0.3, -0.25) is 9.80 Å². The van der Waals surface area contributed by atoms with Crippen LogP contribution >= 0.6 is 11.6 Å². The van der Waals surface area contributed by atoms with Crippen LogP contribution in [0.5, 0.6) is 5.75 Å².